The van der Waals surface area contributed by atoms with Gasteiger partial charge >= 0.3 is 12.1 Å². The molecule has 10 nitrogen and oxygen atoms in total. The summed E-state index contributed by atoms with van der Waals surface area (Å²) in [6.45, 7) is 0.763. The normalized spacial score (nSPS) is 23.8. The summed E-state index contributed by atoms with van der Waals surface area (Å²) in [4.78, 5) is 59.6. The summed E-state index contributed by atoms with van der Waals surface area (Å²) in [5.74, 6) is -3.64. The summed E-state index contributed by atoms with van der Waals surface area (Å²) in [5.41, 5.74) is 7.58. The molecule has 1 aliphatic carbocycles. The molecule has 1 unspecified atom stereocenters. The summed E-state index contributed by atoms with van der Waals surface area (Å²) < 4.78 is 31.7. The van der Waals surface area contributed by atoms with E-state index >= 15 is 0 Å². The molecule has 4 rings (SSSR count). The predicted octanol–water partition coefficient (Wildman–Crippen LogP) is 1.33. The number of hydrogen-bond donors (Lipinski definition) is 4. The highest BCUT2D eigenvalue weighted by atomic mass is 19.4. The molecule has 0 radical (unpaired) electrons. The van der Waals surface area contributed by atoms with Crippen molar-refractivity contribution < 1.29 is 42.3 Å². The van der Waals surface area contributed by atoms with Crippen LogP contribution in [0.25, 0.3) is 0 Å². The van der Waals surface area contributed by atoms with E-state index in [2.05, 4.69) is 10.6 Å². The summed E-state index contributed by atoms with van der Waals surface area (Å²) in [6, 6.07) is 4.59. The van der Waals surface area contributed by atoms with Crippen molar-refractivity contribution in [3.63, 3.8) is 0 Å². The Morgan fingerprint density at radius 1 is 1.17 bits per heavy atom. The average Bonchev–Trinajstić information content (AvgIpc) is 3.13. The van der Waals surface area contributed by atoms with Crippen LogP contribution in [-0.4, -0.2) is 64.4 Å². The minimum atomic E-state index is -5.08. The number of rotatable bonds is 4. The summed E-state index contributed by atoms with van der Waals surface area (Å²) in [6.07, 6.45) is -0.494. The molecule has 2 heterocycles. The minimum absolute atomic E-state index is 0.193. The van der Waals surface area contributed by atoms with Gasteiger partial charge in [-0.05, 0) is 49.3 Å². The third-order valence-corrected chi connectivity index (χ3v) is 6.44. The molecule has 0 bridgehead atoms. The van der Waals surface area contributed by atoms with E-state index in [0.717, 1.165) is 25.7 Å². The number of carboxylic acids is 1. The number of carbonyl (C=O) groups excluding carboxylic acids is 4. The molecule has 1 saturated heterocycles. The smallest absolute Gasteiger partial charge is 0.475 e. The fourth-order valence-electron chi connectivity index (χ4n) is 4.65. The van der Waals surface area contributed by atoms with Crippen LogP contribution in [0.5, 0.6) is 0 Å². The van der Waals surface area contributed by atoms with Gasteiger partial charge in [-0.3, -0.25) is 24.5 Å². The van der Waals surface area contributed by atoms with Crippen LogP contribution < -0.4 is 16.4 Å². The van der Waals surface area contributed by atoms with Gasteiger partial charge in [0.25, 0.3) is 11.8 Å². The van der Waals surface area contributed by atoms with Gasteiger partial charge in [-0.2, -0.15) is 13.2 Å². The Labute approximate surface area is 204 Å². The number of nitrogens with two attached hydrogens (primary N) is 1. The molecule has 2 fully saturated rings. The molecule has 2 aliphatic heterocycles. The quantitative estimate of drug-likeness (QED) is 0.443. The molecule has 36 heavy (non-hydrogen) atoms. The van der Waals surface area contributed by atoms with Gasteiger partial charge in [0.05, 0.1) is 0 Å². The van der Waals surface area contributed by atoms with E-state index in [9.17, 15) is 32.3 Å². The number of carbonyl (C=O) groups is 5. The van der Waals surface area contributed by atoms with Crippen LogP contribution in [0.2, 0.25) is 0 Å². The van der Waals surface area contributed by atoms with Gasteiger partial charge in [-0.15, -0.1) is 0 Å². The van der Waals surface area contributed by atoms with Crippen molar-refractivity contribution in [3.05, 3.63) is 34.9 Å². The molecule has 3 atom stereocenters. The van der Waals surface area contributed by atoms with Gasteiger partial charge in [-0.1, -0.05) is 12.5 Å². The Hall–Kier alpha value is -3.48. The maximum absolute atomic E-state index is 12.9. The van der Waals surface area contributed by atoms with Crippen LogP contribution >= 0.6 is 0 Å². The van der Waals surface area contributed by atoms with Gasteiger partial charge in [0.2, 0.25) is 11.8 Å². The lowest BCUT2D eigenvalue weighted by Crippen LogP contribution is -2.52. The number of hydrogen-bond acceptors (Lipinski definition) is 6. The van der Waals surface area contributed by atoms with E-state index in [1.165, 1.54) is 4.90 Å². The molecule has 1 aromatic rings. The zero-order valence-electron chi connectivity index (χ0n) is 19.3. The number of aliphatic carboxylic acids is 1. The van der Waals surface area contributed by atoms with Crippen molar-refractivity contribution in [3.8, 4) is 0 Å². The van der Waals surface area contributed by atoms with Crippen LogP contribution in [0.15, 0.2) is 18.2 Å². The van der Waals surface area contributed by atoms with Gasteiger partial charge in [0.15, 0.2) is 0 Å². The SMILES string of the molecule is N[C@@H]1CCC[C@H](CNC(=O)c2cccc3c2CN(C2CCC(=O)NC2=O)C3=O)C1.O=C(O)C(F)(F)F. The predicted molar refractivity (Wildman–Crippen MR) is 118 cm³/mol. The van der Waals surface area contributed by atoms with Gasteiger partial charge in [-0.25, -0.2) is 4.79 Å². The molecule has 196 valence electrons. The lowest BCUT2D eigenvalue weighted by atomic mass is 9.86. The zero-order valence-corrected chi connectivity index (χ0v) is 19.3. The lowest BCUT2D eigenvalue weighted by Gasteiger charge is -2.29. The summed E-state index contributed by atoms with van der Waals surface area (Å²) in [5, 5.41) is 12.4. The molecular weight excluding hydrogens is 485 g/mol. The highest BCUT2D eigenvalue weighted by molar-refractivity contribution is 6.07. The van der Waals surface area contributed by atoms with Crippen molar-refractivity contribution in [1.29, 1.82) is 0 Å². The Balaban J connectivity index is 0.000000454. The van der Waals surface area contributed by atoms with Crippen LogP contribution in [0.1, 0.15) is 64.8 Å². The van der Waals surface area contributed by atoms with E-state index in [0.29, 0.717) is 35.6 Å². The largest absolute Gasteiger partial charge is 0.490 e. The Kier molecular flexibility index (Phi) is 8.33. The first-order valence-corrected chi connectivity index (χ1v) is 11.5. The topological polar surface area (TPSA) is 159 Å². The van der Waals surface area contributed by atoms with Crippen LogP contribution in [0.3, 0.4) is 0 Å². The van der Waals surface area contributed by atoms with E-state index in [1.807, 2.05) is 0 Å². The van der Waals surface area contributed by atoms with Crippen LogP contribution in [-0.2, 0) is 20.9 Å². The van der Waals surface area contributed by atoms with Gasteiger partial charge in [0, 0.05) is 36.7 Å². The molecule has 4 amide bonds. The first kappa shape index (κ1) is 27.1. The third-order valence-electron chi connectivity index (χ3n) is 6.44. The third kappa shape index (κ3) is 6.39. The fourth-order valence-corrected chi connectivity index (χ4v) is 4.65. The fraction of sp³-hybridized carbons (Fsp3) is 0.522. The van der Waals surface area contributed by atoms with E-state index in [1.54, 1.807) is 18.2 Å². The highest BCUT2D eigenvalue weighted by Crippen LogP contribution is 2.30. The van der Waals surface area contributed by atoms with Gasteiger partial charge < -0.3 is 21.1 Å². The number of nitrogens with zero attached hydrogens (tertiary/aromatic N) is 1. The second-order valence-corrected chi connectivity index (χ2v) is 9.04. The number of carboxylic acid groups (broad SMARTS) is 1. The van der Waals surface area contributed by atoms with Crippen LogP contribution in [0, 0.1) is 5.92 Å². The van der Waals surface area contributed by atoms with Crippen molar-refractivity contribution in [2.45, 2.75) is 63.3 Å². The van der Waals surface area contributed by atoms with E-state index in [-0.39, 0.29) is 36.7 Å². The Morgan fingerprint density at radius 3 is 2.47 bits per heavy atom. The molecule has 3 aliphatic rings. The molecule has 1 saturated carbocycles. The molecule has 13 heteroatoms. The van der Waals surface area contributed by atoms with E-state index in [4.69, 9.17) is 15.6 Å². The first-order valence-electron chi connectivity index (χ1n) is 11.5. The van der Waals surface area contributed by atoms with Crippen LogP contribution in [0.4, 0.5) is 13.2 Å². The van der Waals surface area contributed by atoms with Crippen molar-refractivity contribution in [1.82, 2.24) is 15.5 Å². The van der Waals surface area contributed by atoms with Crippen molar-refractivity contribution in [2.24, 2.45) is 11.7 Å². The maximum atomic E-state index is 12.9. The monoisotopic (exact) mass is 512 g/mol. The Morgan fingerprint density at radius 2 is 1.86 bits per heavy atom. The molecule has 5 N–H and O–H groups in total. The average molecular weight is 512 g/mol. The number of nitrogens with one attached hydrogen (secondary N) is 2. The van der Waals surface area contributed by atoms with Crippen molar-refractivity contribution >= 4 is 29.6 Å². The molecule has 1 aromatic carbocycles. The Bertz CT molecular complexity index is 1060. The molecule has 0 aromatic heterocycles. The second-order valence-electron chi connectivity index (χ2n) is 9.04. The molecular formula is C23H27F3N4O6. The summed E-state index contributed by atoms with van der Waals surface area (Å²) >= 11 is 0. The number of halogens is 3. The number of amides is 4. The number of fused-ring (bicyclic) bond motifs is 1. The second kappa shape index (κ2) is 11.1. The molecule has 0 spiro atoms. The number of benzene rings is 1. The number of imide groups is 1. The zero-order chi connectivity index (χ0) is 26.6. The van der Waals surface area contributed by atoms with E-state index < -0.39 is 24.1 Å². The number of piperidine rings is 1. The summed E-state index contributed by atoms with van der Waals surface area (Å²) in [7, 11) is 0. The lowest BCUT2D eigenvalue weighted by molar-refractivity contribution is -0.192. The highest BCUT2D eigenvalue weighted by Gasteiger charge is 2.40. The maximum Gasteiger partial charge on any atom is 0.490 e. The first-order chi connectivity index (χ1) is 16.9. The number of alkyl halides is 3. The van der Waals surface area contributed by atoms with Gasteiger partial charge in [0.1, 0.15) is 6.04 Å². The van der Waals surface area contributed by atoms with Crippen molar-refractivity contribution in [2.75, 3.05) is 6.54 Å². The minimum Gasteiger partial charge on any atom is -0.475 e. The standard InChI is InChI=1S/C21H26N4O4.C2HF3O2/c22-13-4-1-3-12(9-13)10-23-19(27)14-5-2-6-15-16(14)11-25(21(15)29)17-7-8-18(26)24-20(17)28;3-2(4,5)1(6)7/h2,5-6,12-13,17H,1,3-4,7-11,22H2,(H,23,27)(H,24,26,28);(H,6,7)/t12-,13+,17?;/m0./s1.